The second kappa shape index (κ2) is 4.25. The number of aliphatic hydroxyl groups is 2. The molecule has 0 amide bonds. The average molecular weight is 236 g/mol. The molecule has 0 bridgehead atoms. The Morgan fingerprint density at radius 1 is 1.35 bits per heavy atom. The number of hydrogen-bond acceptors (Lipinski definition) is 2. The Labute approximate surface area is 104 Å². The first-order chi connectivity index (χ1) is 7.81. The summed E-state index contributed by atoms with van der Waals surface area (Å²) < 4.78 is 0. The van der Waals surface area contributed by atoms with Gasteiger partial charge in [0, 0.05) is 0 Å². The molecule has 0 aromatic rings. The van der Waals surface area contributed by atoms with Crippen LogP contribution in [0.1, 0.15) is 40.0 Å². The molecule has 0 heterocycles. The molecule has 0 aliphatic heterocycles. The van der Waals surface area contributed by atoms with Crippen molar-refractivity contribution in [3.05, 3.63) is 23.8 Å². The molecule has 0 aromatic heterocycles. The molecule has 0 saturated heterocycles. The molecular formula is C15H24O2. The second-order valence-electron chi connectivity index (χ2n) is 6.50. The third-order valence-corrected chi connectivity index (χ3v) is 4.69. The highest BCUT2D eigenvalue weighted by Gasteiger charge is 2.48. The Morgan fingerprint density at radius 3 is 2.59 bits per heavy atom. The normalized spacial score (nSPS) is 41.5. The number of fused-ring (bicyclic) bond motifs is 1. The monoisotopic (exact) mass is 236 g/mol. The van der Waals surface area contributed by atoms with E-state index in [4.69, 9.17) is 0 Å². The maximum Gasteiger partial charge on any atom is 0.0761 e. The number of rotatable bonds is 0. The third kappa shape index (κ3) is 2.34. The van der Waals surface area contributed by atoms with Crippen molar-refractivity contribution in [3.63, 3.8) is 0 Å². The zero-order chi connectivity index (χ0) is 12.8. The summed E-state index contributed by atoms with van der Waals surface area (Å²) in [6.45, 7) is 10.6. The molecule has 0 radical (unpaired) electrons. The highest BCUT2D eigenvalue weighted by Crippen LogP contribution is 2.56. The summed E-state index contributed by atoms with van der Waals surface area (Å²) >= 11 is 0. The van der Waals surface area contributed by atoms with Crippen LogP contribution in [0.15, 0.2) is 23.8 Å². The van der Waals surface area contributed by atoms with Crippen LogP contribution in [-0.4, -0.2) is 22.4 Å². The van der Waals surface area contributed by atoms with E-state index >= 15 is 0 Å². The van der Waals surface area contributed by atoms with Gasteiger partial charge in [-0.25, -0.2) is 0 Å². The molecule has 96 valence electrons. The third-order valence-electron chi connectivity index (χ3n) is 4.69. The highest BCUT2D eigenvalue weighted by molar-refractivity contribution is 5.20. The van der Waals surface area contributed by atoms with E-state index in [2.05, 4.69) is 20.4 Å². The van der Waals surface area contributed by atoms with E-state index in [-0.39, 0.29) is 0 Å². The summed E-state index contributed by atoms with van der Waals surface area (Å²) in [4.78, 5) is 0. The molecule has 0 aromatic carbocycles. The summed E-state index contributed by atoms with van der Waals surface area (Å²) in [7, 11) is 0. The molecule has 2 rings (SSSR count). The van der Waals surface area contributed by atoms with Crippen molar-refractivity contribution in [2.75, 3.05) is 0 Å². The van der Waals surface area contributed by atoms with Gasteiger partial charge in [0.2, 0.25) is 0 Å². The molecule has 4 atom stereocenters. The van der Waals surface area contributed by atoms with Gasteiger partial charge >= 0.3 is 0 Å². The quantitative estimate of drug-likeness (QED) is 0.635. The van der Waals surface area contributed by atoms with E-state index in [0.29, 0.717) is 23.7 Å². The Balaban J connectivity index is 2.24. The first kappa shape index (κ1) is 12.8. The average Bonchev–Trinajstić information content (AvgIpc) is 2.23. The molecule has 2 nitrogen and oxygen atoms in total. The van der Waals surface area contributed by atoms with Crippen molar-refractivity contribution in [3.8, 4) is 0 Å². The zero-order valence-electron chi connectivity index (χ0n) is 11.1. The van der Waals surface area contributed by atoms with Crippen LogP contribution in [0.4, 0.5) is 0 Å². The summed E-state index contributed by atoms with van der Waals surface area (Å²) in [5, 5.41) is 20.1. The van der Waals surface area contributed by atoms with Crippen molar-refractivity contribution >= 4 is 0 Å². The molecule has 0 spiro atoms. The van der Waals surface area contributed by atoms with Gasteiger partial charge in [-0.1, -0.05) is 32.1 Å². The minimum atomic E-state index is -0.486. The molecule has 4 unspecified atom stereocenters. The van der Waals surface area contributed by atoms with Gasteiger partial charge in [-0.3, -0.25) is 0 Å². The second-order valence-corrected chi connectivity index (χ2v) is 6.50. The van der Waals surface area contributed by atoms with Gasteiger partial charge in [0.25, 0.3) is 0 Å². The minimum Gasteiger partial charge on any atom is -0.389 e. The lowest BCUT2D eigenvalue weighted by molar-refractivity contribution is -0.0206. The number of aliphatic hydroxyl groups excluding tert-OH is 2. The maximum atomic E-state index is 10.2. The molecule has 17 heavy (non-hydrogen) atoms. The lowest BCUT2D eigenvalue weighted by Crippen LogP contribution is -2.46. The fourth-order valence-corrected chi connectivity index (χ4v) is 3.48. The van der Waals surface area contributed by atoms with Crippen LogP contribution in [0.25, 0.3) is 0 Å². The Bertz CT molecular complexity index is 354. The van der Waals surface area contributed by atoms with E-state index < -0.39 is 12.2 Å². The van der Waals surface area contributed by atoms with E-state index in [1.807, 2.05) is 6.92 Å². The maximum absolute atomic E-state index is 10.2. The lowest BCUT2D eigenvalue weighted by atomic mass is 9.52. The Hall–Kier alpha value is -0.600. The van der Waals surface area contributed by atoms with Crippen LogP contribution >= 0.6 is 0 Å². The predicted molar refractivity (Wildman–Crippen MR) is 69.5 cm³/mol. The summed E-state index contributed by atoms with van der Waals surface area (Å²) in [5.41, 5.74) is 2.35. The topological polar surface area (TPSA) is 40.5 Å². The van der Waals surface area contributed by atoms with Gasteiger partial charge in [0.15, 0.2) is 0 Å². The molecule has 1 saturated carbocycles. The van der Waals surface area contributed by atoms with Crippen molar-refractivity contribution < 1.29 is 10.2 Å². The SMILES string of the molecule is C=C1CC(O)C=C(C)C(O)CC2C1CC2(C)C. The van der Waals surface area contributed by atoms with Gasteiger partial charge in [-0.05, 0) is 49.0 Å². The van der Waals surface area contributed by atoms with E-state index in [9.17, 15) is 10.2 Å². The molecule has 2 aliphatic rings. The zero-order valence-corrected chi connectivity index (χ0v) is 11.1. The van der Waals surface area contributed by atoms with E-state index in [0.717, 1.165) is 24.0 Å². The van der Waals surface area contributed by atoms with Crippen LogP contribution in [0.3, 0.4) is 0 Å². The Kier molecular flexibility index (Phi) is 3.21. The first-order valence-corrected chi connectivity index (χ1v) is 6.53. The smallest absolute Gasteiger partial charge is 0.0761 e. The minimum absolute atomic E-state index is 0.296. The van der Waals surface area contributed by atoms with Crippen molar-refractivity contribution in [1.29, 1.82) is 0 Å². The van der Waals surface area contributed by atoms with Crippen LogP contribution in [0.5, 0.6) is 0 Å². The molecule has 2 heteroatoms. The fourth-order valence-electron chi connectivity index (χ4n) is 3.48. The number of hydrogen-bond donors (Lipinski definition) is 2. The summed E-state index contributed by atoms with van der Waals surface area (Å²) in [5.74, 6) is 0.979. The van der Waals surface area contributed by atoms with Crippen molar-refractivity contribution in [1.82, 2.24) is 0 Å². The predicted octanol–water partition coefficient (Wildman–Crippen LogP) is 2.67. The lowest BCUT2D eigenvalue weighted by Gasteiger charge is -2.53. The van der Waals surface area contributed by atoms with Gasteiger partial charge in [-0.2, -0.15) is 0 Å². The largest absolute Gasteiger partial charge is 0.389 e. The van der Waals surface area contributed by atoms with Gasteiger partial charge in [0.05, 0.1) is 12.2 Å². The highest BCUT2D eigenvalue weighted by atomic mass is 16.3. The fraction of sp³-hybridized carbons (Fsp3) is 0.733. The van der Waals surface area contributed by atoms with Crippen molar-refractivity contribution in [2.45, 2.75) is 52.2 Å². The molecule has 2 N–H and O–H groups in total. The van der Waals surface area contributed by atoms with Crippen LogP contribution < -0.4 is 0 Å². The Morgan fingerprint density at radius 2 is 2.00 bits per heavy atom. The van der Waals surface area contributed by atoms with Crippen LogP contribution in [0.2, 0.25) is 0 Å². The van der Waals surface area contributed by atoms with E-state index in [1.165, 1.54) is 0 Å². The van der Waals surface area contributed by atoms with Gasteiger partial charge < -0.3 is 10.2 Å². The molecule has 2 aliphatic carbocycles. The van der Waals surface area contributed by atoms with Crippen LogP contribution in [0, 0.1) is 17.3 Å². The molecule has 1 fully saturated rings. The molecular weight excluding hydrogens is 212 g/mol. The standard InChI is InChI=1S/C15H24O2/c1-9-5-11(16)6-10(2)14(17)7-13-12(9)8-15(13,3)4/h6,11-14,16-17H,1,5,7-8H2,2-4H3. The van der Waals surface area contributed by atoms with E-state index in [1.54, 1.807) is 6.08 Å². The first-order valence-electron chi connectivity index (χ1n) is 6.53. The van der Waals surface area contributed by atoms with Crippen molar-refractivity contribution in [2.24, 2.45) is 17.3 Å². The van der Waals surface area contributed by atoms with Gasteiger partial charge in [-0.15, -0.1) is 0 Å². The summed E-state index contributed by atoms with van der Waals surface area (Å²) in [6, 6.07) is 0. The van der Waals surface area contributed by atoms with Gasteiger partial charge in [0.1, 0.15) is 0 Å². The van der Waals surface area contributed by atoms with Crippen LogP contribution in [-0.2, 0) is 0 Å². The summed E-state index contributed by atoms with van der Waals surface area (Å²) in [6.07, 6.45) is 3.46.